The molecule has 2 N–H and O–H groups in total. The zero-order chi connectivity index (χ0) is 8.43. The molecule has 1 heterocycles. The summed E-state index contributed by atoms with van der Waals surface area (Å²) in [6.07, 6.45) is 0. The summed E-state index contributed by atoms with van der Waals surface area (Å²) in [5.74, 6) is -0.445. The van der Waals surface area contributed by atoms with E-state index in [2.05, 4.69) is 4.74 Å². The Morgan fingerprint density at radius 1 is 1.75 bits per heavy atom. The number of anilines is 1. The lowest BCUT2D eigenvalue weighted by Gasteiger charge is -1.94. The number of carbonyl (C=O) groups is 1. The van der Waals surface area contributed by atoms with Crippen LogP contribution in [0.1, 0.15) is 9.67 Å². The summed E-state index contributed by atoms with van der Waals surface area (Å²) in [5.41, 5.74) is 5.81. The molecular formula is C6H7Cl2NO2S. The minimum Gasteiger partial charge on any atom is -0.465 e. The van der Waals surface area contributed by atoms with Crippen LogP contribution in [0.15, 0.2) is 6.07 Å². The molecule has 12 heavy (non-hydrogen) atoms. The number of hydrogen-bond acceptors (Lipinski definition) is 4. The zero-order valence-corrected chi connectivity index (χ0v) is 8.55. The summed E-state index contributed by atoms with van der Waals surface area (Å²) >= 11 is 6.71. The molecule has 0 aliphatic heterocycles. The summed E-state index contributed by atoms with van der Waals surface area (Å²) in [7, 11) is 1.30. The van der Waals surface area contributed by atoms with Gasteiger partial charge in [0.1, 0.15) is 4.88 Å². The second-order valence-corrected chi connectivity index (χ2v) is 3.51. The van der Waals surface area contributed by atoms with E-state index in [-0.39, 0.29) is 12.4 Å². The summed E-state index contributed by atoms with van der Waals surface area (Å²) in [6.45, 7) is 0. The number of halogens is 2. The van der Waals surface area contributed by atoms with Gasteiger partial charge in [0.25, 0.3) is 0 Å². The second-order valence-electron chi connectivity index (χ2n) is 1.83. The molecular weight excluding hydrogens is 221 g/mol. The van der Waals surface area contributed by atoms with Crippen LogP contribution in [-0.2, 0) is 4.74 Å². The maximum absolute atomic E-state index is 10.9. The average molecular weight is 228 g/mol. The molecule has 68 valence electrons. The van der Waals surface area contributed by atoms with Gasteiger partial charge in [-0.05, 0) is 6.07 Å². The van der Waals surface area contributed by atoms with Gasteiger partial charge in [-0.1, -0.05) is 11.6 Å². The van der Waals surface area contributed by atoms with Crippen molar-refractivity contribution in [2.75, 3.05) is 12.8 Å². The first-order valence-electron chi connectivity index (χ1n) is 2.78. The highest BCUT2D eigenvalue weighted by Crippen LogP contribution is 2.28. The van der Waals surface area contributed by atoms with Crippen molar-refractivity contribution in [2.45, 2.75) is 0 Å². The van der Waals surface area contributed by atoms with Crippen LogP contribution in [0.3, 0.4) is 0 Å². The first kappa shape index (κ1) is 11.6. The molecule has 0 aliphatic rings. The van der Waals surface area contributed by atoms with Crippen LogP contribution < -0.4 is 5.73 Å². The van der Waals surface area contributed by atoms with Gasteiger partial charge in [-0.2, -0.15) is 0 Å². The van der Waals surface area contributed by atoms with E-state index < -0.39 is 5.97 Å². The first-order valence-corrected chi connectivity index (χ1v) is 3.97. The van der Waals surface area contributed by atoms with Gasteiger partial charge in [0, 0.05) is 0 Å². The lowest BCUT2D eigenvalue weighted by Crippen LogP contribution is -2.00. The number of hydrogen-bond donors (Lipinski definition) is 1. The third kappa shape index (κ3) is 2.27. The predicted molar refractivity (Wildman–Crippen MR) is 52.3 cm³/mol. The highest BCUT2D eigenvalue weighted by atomic mass is 35.5. The van der Waals surface area contributed by atoms with Crippen LogP contribution in [0.4, 0.5) is 5.69 Å². The van der Waals surface area contributed by atoms with Gasteiger partial charge >= 0.3 is 5.97 Å². The molecule has 0 spiro atoms. The van der Waals surface area contributed by atoms with Crippen molar-refractivity contribution in [2.24, 2.45) is 0 Å². The number of carbonyl (C=O) groups excluding carboxylic acids is 1. The number of thiophene rings is 1. The fourth-order valence-electron chi connectivity index (χ4n) is 0.626. The standard InChI is InChI=1S/C6H6ClNO2S.ClH/c1-10-6(9)5-3(8)2-4(7)11-5;/h2H,8H2,1H3;1H. The van der Waals surface area contributed by atoms with Gasteiger partial charge in [-0.3, -0.25) is 0 Å². The summed E-state index contributed by atoms with van der Waals surface area (Å²) in [6, 6.07) is 1.53. The van der Waals surface area contributed by atoms with E-state index in [1.54, 1.807) is 0 Å². The third-order valence-corrected chi connectivity index (χ3v) is 2.36. The Balaban J connectivity index is 0.00000121. The van der Waals surface area contributed by atoms with Crippen LogP contribution >= 0.6 is 35.3 Å². The Morgan fingerprint density at radius 3 is 2.67 bits per heavy atom. The van der Waals surface area contributed by atoms with Crippen LogP contribution in [0.2, 0.25) is 4.34 Å². The average Bonchev–Trinajstić information content (AvgIpc) is 2.28. The number of esters is 1. The van der Waals surface area contributed by atoms with Gasteiger partial charge in [0.05, 0.1) is 17.1 Å². The molecule has 0 aromatic carbocycles. The van der Waals surface area contributed by atoms with Crippen molar-refractivity contribution < 1.29 is 9.53 Å². The van der Waals surface area contributed by atoms with Crippen molar-refractivity contribution in [3.05, 3.63) is 15.3 Å². The van der Waals surface area contributed by atoms with Crippen molar-refractivity contribution in [1.29, 1.82) is 0 Å². The molecule has 0 radical (unpaired) electrons. The first-order chi connectivity index (χ1) is 5.15. The van der Waals surface area contributed by atoms with Crippen molar-refractivity contribution in [3.8, 4) is 0 Å². The Hall–Kier alpha value is -0.450. The molecule has 1 aromatic heterocycles. The molecule has 0 saturated carbocycles. The van der Waals surface area contributed by atoms with E-state index in [4.69, 9.17) is 17.3 Å². The van der Waals surface area contributed by atoms with E-state index in [0.717, 1.165) is 11.3 Å². The monoisotopic (exact) mass is 227 g/mol. The summed E-state index contributed by atoms with van der Waals surface area (Å²) < 4.78 is 4.95. The second kappa shape index (κ2) is 4.54. The molecule has 1 aromatic rings. The van der Waals surface area contributed by atoms with E-state index in [9.17, 15) is 4.79 Å². The maximum Gasteiger partial charge on any atom is 0.350 e. The fraction of sp³-hybridized carbons (Fsp3) is 0.167. The number of ether oxygens (including phenoxy) is 1. The molecule has 0 amide bonds. The van der Waals surface area contributed by atoms with Crippen LogP contribution in [0.5, 0.6) is 0 Å². The van der Waals surface area contributed by atoms with E-state index in [1.807, 2.05) is 0 Å². The van der Waals surface area contributed by atoms with E-state index in [0.29, 0.717) is 14.9 Å². The van der Waals surface area contributed by atoms with Gasteiger partial charge in [0.2, 0.25) is 0 Å². The predicted octanol–water partition coefficient (Wildman–Crippen LogP) is 2.19. The lowest BCUT2D eigenvalue weighted by molar-refractivity contribution is 0.0607. The molecule has 1 rings (SSSR count). The topological polar surface area (TPSA) is 52.3 Å². The van der Waals surface area contributed by atoms with Crippen LogP contribution in [-0.4, -0.2) is 13.1 Å². The van der Waals surface area contributed by atoms with Crippen molar-refractivity contribution in [3.63, 3.8) is 0 Å². The van der Waals surface area contributed by atoms with Crippen molar-refractivity contribution in [1.82, 2.24) is 0 Å². The SMILES string of the molecule is COC(=O)c1sc(Cl)cc1N.Cl. The Kier molecular flexibility index (Phi) is 4.37. The van der Waals surface area contributed by atoms with Crippen LogP contribution in [0, 0.1) is 0 Å². The largest absolute Gasteiger partial charge is 0.465 e. The normalized spacial score (nSPS) is 8.83. The molecule has 0 unspecified atom stereocenters. The summed E-state index contributed by atoms with van der Waals surface area (Å²) in [5, 5.41) is 0. The van der Waals surface area contributed by atoms with Gasteiger partial charge in [0.15, 0.2) is 0 Å². The van der Waals surface area contributed by atoms with E-state index >= 15 is 0 Å². The highest BCUT2D eigenvalue weighted by Gasteiger charge is 2.13. The molecule has 3 nitrogen and oxygen atoms in total. The highest BCUT2D eigenvalue weighted by molar-refractivity contribution is 7.18. The van der Waals surface area contributed by atoms with Gasteiger partial charge < -0.3 is 10.5 Å². The molecule has 0 aliphatic carbocycles. The molecule has 6 heteroatoms. The van der Waals surface area contributed by atoms with Crippen molar-refractivity contribution >= 4 is 47.0 Å². The van der Waals surface area contributed by atoms with Gasteiger partial charge in [-0.25, -0.2) is 4.79 Å². The number of nitrogen functional groups attached to an aromatic ring is 1. The smallest absolute Gasteiger partial charge is 0.350 e. The van der Waals surface area contributed by atoms with E-state index in [1.165, 1.54) is 13.2 Å². The molecule has 0 atom stereocenters. The van der Waals surface area contributed by atoms with Gasteiger partial charge in [-0.15, -0.1) is 23.7 Å². The molecule has 0 fully saturated rings. The zero-order valence-electron chi connectivity index (χ0n) is 6.17. The third-order valence-electron chi connectivity index (χ3n) is 1.10. The number of rotatable bonds is 1. The maximum atomic E-state index is 10.9. The minimum absolute atomic E-state index is 0. The molecule has 0 bridgehead atoms. The fourth-order valence-corrected chi connectivity index (χ4v) is 1.70. The lowest BCUT2D eigenvalue weighted by atomic mass is 10.4. The minimum atomic E-state index is -0.445. The summed E-state index contributed by atoms with van der Waals surface area (Å²) in [4.78, 5) is 11.3. The van der Waals surface area contributed by atoms with Crippen LogP contribution in [0.25, 0.3) is 0 Å². The quantitative estimate of drug-likeness (QED) is 0.749. The Bertz CT molecular complexity index is 287. The number of nitrogens with two attached hydrogens (primary N) is 1. The molecule has 0 saturated heterocycles. The Morgan fingerprint density at radius 2 is 2.33 bits per heavy atom. The Labute approximate surface area is 84.9 Å². The number of methoxy groups -OCH3 is 1.